The number of hydrogen-bond donors (Lipinski definition) is 3. The van der Waals surface area contributed by atoms with Crippen molar-refractivity contribution in [2.45, 2.75) is 64.3 Å². The Balaban J connectivity index is 4.90. The van der Waals surface area contributed by atoms with Gasteiger partial charge in [-0.25, -0.2) is 0 Å². The summed E-state index contributed by atoms with van der Waals surface area (Å²) in [4.78, 5) is 33.0. The molecule has 0 aromatic rings. The van der Waals surface area contributed by atoms with Gasteiger partial charge in [0.15, 0.2) is 0 Å². The molecule has 110 valence electrons. The minimum absolute atomic E-state index is 0.0797. The molecule has 6 nitrogen and oxygen atoms in total. The largest absolute Gasteiger partial charge is 0.481 e. The van der Waals surface area contributed by atoms with Crippen LogP contribution >= 0.6 is 0 Å². The molecule has 0 saturated carbocycles. The smallest absolute Gasteiger partial charge is 0.303 e. The maximum absolute atomic E-state index is 11.6. The molecule has 0 unspecified atom stereocenters. The van der Waals surface area contributed by atoms with Gasteiger partial charge in [-0.15, -0.1) is 0 Å². The molecule has 0 bridgehead atoms. The van der Waals surface area contributed by atoms with E-state index in [9.17, 15) is 14.4 Å². The van der Waals surface area contributed by atoms with Gasteiger partial charge in [-0.1, -0.05) is 20.3 Å². The summed E-state index contributed by atoms with van der Waals surface area (Å²) in [7, 11) is 0. The average Bonchev–Trinajstić information content (AvgIpc) is 2.34. The molecule has 19 heavy (non-hydrogen) atoms. The van der Waals surface area contributed by atoms with Gasteiger partial charge in [0.25, 0.3) is 0 Å². The molecule has 0 aliphatic rings. The van der Waals surface area contributed by atoms with Crippen molar-refractivity contribution in [3.05, 3.63) is 0 Å². The first-order chi connectivity index (χ1) is 8.85. The summed E-state index contributed by atoms with van der Waals surface area (Å²) in [6.45, 7) is 3.63. The zero-order valence-corrected chi connectivity index (χ0v) is 11.6. The third kappa shape index (κ3) is 7.43. The van der Waals surface area contributed by atoms with E-state index in [1.807, 2.05) is 6.92 Å². The number of hydrogen-bond acceptors (Lipinski definition) is 3. The van der Waals surface area contributed by atoms with Crippen LogP contribution in [0.15, 0.2) is 0 Å². The summed E-state index contributed by atoms with van der Waals surface area (Å²) in [6, 6.07) is 0. The first-order valence-corrected chi connectivity index (χ1v) is 6.60. The number of carbonyl (C=O) groups is 3. The fraction of sp³-hybridized carbons (Fsp3) is 0.769. The number of carboxylic acid groups (broad SMARTS) is 2. The molecule has 0 aliphatic heterocycles. The van der Waals surface area contributed by atoms with E-state index in [1.54, 1.807) is 6.92 Å². The van der Waals surface area contributed by atoms with E-state index in [-0.39, 0.29) is 31.6 Å². The number of carboxylic acids is 2. The van der Waals surface area contributed by atoms with E-state index < -0.39 is 17.5 Å². The van der Waals surface area contributed by atoms with Crippen LogP contribution in [0.4, 0.5) is 0 Å². The number of rotatable bonds is 10. The Morgan fingerprint density at radius 1 is 0.947 bits per heavy atom. The Kier molecular flexibility index (Phi) is 7.79. The molecule has 0 rings (SSSR count). The van der Waals surface area contributed by atoms with Crippen LogP contribution in [0.25, 0.3) is 0 Å². The quantitative estimate of drug-likeness (QED) is 0.563. The van der Waals surface area contributed by atoms with Crippen molar-refractivity contribution in [1.82, 2.24) is 5.32 Å². The van der Waals surface area contributed by atoms with Crippen LogP contribution in [0.1, 0.15) is 58.8 Å². The second kappa shape index (κ2) is 8.50. The van der Waals surface area contributed by atoms with Gasteiger partial charge in [0, 0.05) is 24.8 Å². The summed E-state index contributed by atoms with van der Waals surface area (Å²) in [5, 5.41) is 20.4. The first-order valence-electron chi connectivity index (χ1n) is 6.60. The number of aliphatic carboxylic acids is 2. The van der Waals surface area contributed by atoms with E-state index in [2.05, 4.69) is 5.32 Å². The van der Waals surface area contributed by atoms with E-state index in [0.717, 1.165) is 6.42 Å². The van der Waals surface area contributed by atoms with Crippen LogP contribution in [0.2, 0.25) is 0 Å². The van der Waals surface area contributed by atoms with Gasteiger partial charge in [-0.05, 0) is 19.3 Å². The summed E-state index contributed by atoms with van der Waals surface area (Å²) in [5.41, 5.74) is -0.724. The van der Waals surface area contributed by atoms with Gasteiger partial charge in [0.2, 0.25) is 5.91 Å². The summed E-state index contributed by atoms with van der Waals surface area (Å²) < 4.78 is 0. The second-order valence-corrected chi connectivity index (χ2v) is 4.72. The van der Waals surface area contributed by atoms with Crippen molar-refractivity contribution in [3.8, 4) is 0 Å². The van der Waals surface area contributed by atoms with E-state index in [0.29, 0.717) is 12.8 Å². The molecule has 6 heteroatoms. The highest BCUT2D eigenvalue weighted by molar-refractivity contribution is 5.76. The Hall–Kier alpha value is -1.59. The minimum Gasteiger partial charge on any atom is -0.481 e. The minimum atomic E-state index is -0.943. The Morgan fingerprint density at radius 2 is 1.42 bits per heavy atom. The first kappa shape index (κ1) is 17.4. The van der Waals surface area contributed by atoms with Crippen LogP contribution < -0.4 is 5.32 Å². The Labute approximate surface area is 113 Å². The highest BCUT2D eigenvalue weighted by atomic mass is 16.4. The molecule has 0 atom stereocenters. The molecule has 0 aromatic heterocycles. The topological polar surface area (TPSA) is 104 Å². The van der Waals surface area contributed by atoms with Gasteiger partial charge in [0.1, 0.15) is 0 Å². The fourth-order valence-electron chi connectivity index (χ4n) is 2.12. The third-order valence-corrected chi connectivity index (χ3v) is 3.09. The zero-order valence-electron chi connectivity index (χ0n) is 11.6. The van der Waals surface area contributed by atoms with E-state index in [4.69, 9.17) is 10.2 Å². The number of carbonyl (C=O) groups excluding carboxylic acids is 1. The van der Waals surface area contributed by atoms with Gasteiger partial charge in [-0.3, -0.25) is 14.4 Å². The highest BCUT2D eigenvalue weighted by Gasteiger charge is 2.31. The Morgan fingerprint density at radius 3 is 1.74 bits per heavy atom. The monoisotopic (exact) mass is 273 g/mol. The van der Waals surface area contributed by atoms with Gasteiger partial charge in [-0.2, -0.15) is 0 Å². The number of nitrogens with one attached hydrogen (secondary N) is 1. The predicted octanol–water partition coefficient (Wildman–Crippen LogP) is 1.78. The van der Waals surface area contributed by atoms with Gasteiger partial charge >= 0.3 is 11.9 Å². The SMILES string of the molecule is CCCC(CCC(=O)O)(CCC(=O)O)NC(=O)CC. The molecule has 0 aromatic carbocycles. The van der Waals surface area contributed by atoms with Gasteiger partial charge < -0.3 is 15.5 Å². The second-order valence-electron chi connectivity index (χ2n) is 4.72. The highest BCUT2D eigenvalue weighted by Crippen LogP contribution is 2.26. The van der Waals surface area contributed by atoms with Crippen LogP contribution in [0.3, 0.4) is 0 Å². The maximum atomic E-state index is 11.6. The van der Waals surface area contributed by atoms with Gasteiger partial charge in [0.05, 0.1) is 0 Å². The predicted molar refractivity (Wildman–Crippen MR) is 69.8 cm³/mol. The normalized spacial score (nSPS) is 11.1. The van der Waals surface area contributed by atoms with E-state index >= 15 is 0 Å². The molecule has 0 spiro atoms. The lowest BCUT2D eigenvalue weighted by Gasteiger charge is -2.34. The van der Waals surface area contributed by atoms with Crippen molar-refractivity contribution >= 4 is 17.8 Å². The lowest BCUT2D eigenvalue weighted by molar-refractivity contribution is -0.138. The molecule has 3 N–H and O–H groups in total. The molecule has 0 saturated heterocycles. The molecular weight excluding hydrogens is 250 g/mol. The molecule has 0 radical (unpaired) electrons. The number of amides is 1. The zero-order chi connectivity index (χ0) is 14.9. The molecule has 0 heterocycles. The lowest BCUT2D eigenvalue weighted by Crippen LogP contribution is -2.49. The van der Waals surface area contributed by atoms with Crippen LogP contribution in [-0.4, -0.2) is 33.6 Å². The van der Waals surface area contributed by atoms with Crippen LogP contribution in [0.5, 0.6) is 0 Å². The van der Waals surface area contributed by atoms with Crippen molar-refractivity contribution in [2.24, 2.45) is 0 Å². The van der Waals surface area contributed by atoms with Crippen molar-refractivity contribution < 1.29 is 24.6 Å². The third-order valence-electron chi connectivity index (χ3n) is 3.09. The average molecular weight is 273 g/mol. The Bertz CT molecular complexity index is 309. The molecule has 0 fully saturated rings. The molecular formula is C13H23NO5. The molecule has 1 amide bonds. The summed E-state index contributed by atoms with van der Waals surface area (Å²) >= 11 is 0. The standard InChI is InChI=1S/C13H23NO5/c1-3-7-13(8-5-11(16)17,9-6-12(18)19)14-10(15)4-2/h3-9H2,1-2H3,(H,14,15)(H,16,17)(H,18,19). The van der Waals surface area contributed by atoms with Crippen molar-refractivity contribution in [1.29, 1.82) is 0 Å². The fourth-order valence-corrected chi connectivity index (χ4v) is 2.12. The van der Waals surface area contributed by atoms with Crippen molar-refractivity contribution in [3.63, 3.8) is 0 Å². The maximum Gasteiger partial charge on any atom is 0.303 e. The lowest BCUT2D eigenvalue weighted by atomic mass is 9.83. The summed E-state index contributed by atoms with van der Waals surface area (Å²) in [6.07, 6.45) is 1.99. The van der Waals surface area contributed by atoms with Crippen LogP contribution in [0, 0.1) is 0 Å². The summed E-state index contributed by atoms with van der Waals surface area (Å²) in [5.74, 6) is -2.06. The van der Waals surface area contributed by atoms with Crippen LogP contribution in [-0.2, 0) is 14.4 Å². The van der Waals surface area contributed by atoms with Crippen molar-refractivity contribution in [2.75, 3.05) is 0 Å². The molecule has 0 aliphatic carbocycles. The van der Waals surface area contributed by atoms with E-state index in [1.165, 1.54) is 0 Å².